The number of halogens is 10. The maximum Gasteiger partial charge on any atom is 0.113 e. The first-order chi connectivity index (χ1) is 46.3. The number of rotatable bonds is 38. The van der Waals surface area contributed by atoms with Crippen LogP contribution in [-0.4, -0.2) is 56.7 Å². The molecule has 0 aliphatic rings. The van der Waals surface area contributed by atoms with E-state index in [1.54, 1.807) is 69.2 Å². The van der Waals surface area contributed by atoms with Gasteiger partial charge in [-0.3, -0.25) is 0 Å². The van der Waals surface area contributed by atoms with Crippen LogP contribution >= 0.6 is 0 Å². The van der Waals surface area contributed by atoms with Gasteiger partial charge in [-0.2, -0.15) is 0 Å². The molecule has 0 aromatic heterocycles. The molecule has 0 heterocycles. The summed E-state index contributed by atoms with van der Waals surface area (Å²) in [7, 11) is 0. The zero-order valence-corrected chi connectivity index (χ0v) is 78.8. The summed E-state index contributed by atoms with van der Waals surface area (Å²) in [6.07, 6.45) is 19.8. The van der Waals surface area contributed by atoms with Gasteiger partial charge in [0, 0.05) is 10.8 Å². The van der Waals surface area contributed by atoms with Crippen molar-refractivity contribution < 1.29 is 43.9 Å². The summed E-state index contributed by atoms with van der Waals surface area (Å²) in [6, 6.07) is 0. The Balaban J connectivity index is -0.000000117. The predicted molar refractivity (Wildman–Crippen MR) is 452 cm³/mol. The van der Waals surface area contributed by atoms with Crippen molar-refractivity contribution >= 4 is 0 Å². The molecule has 0 N–H and O–H groups in total. The molecule has 0 aromatic carbocycles. The Kier molecular flexibility index (Phi) is 72.9. The molecule has 638 valence electrons. The van der Waals surface area contributed by atoms with E-state index in [4.69, 9.17) is 0 Å². The Hall–Kier alpha value is -0.700. The van der Waals surface area contributed by atoms with E-state index in [1.807, 2.05) is 96.9 Å². The molecule has 10 heteroatoms. The van der Waals surface area contributed by atoms with E-state index in [0.717, 1.165) is 77.0 Å². The van der Waals surface area contributed by atoms with Crippen molar-refractivity contribution in [1.82, 2.24) is 0 Å². The molecule has 103 heavy (non-hydrogen) atoms. The molecule has 0 saturated carbocycles. The van der Waals surface area contributed by atoms with Crippen LogP contribution in [0.25, 0.3) is 0 Å². The maximum atomic E-state index is 14.3. The fourth-order valence-corrected chi connectivity index (χ4v) is 14.9. The summed E-state index contributed by atoms with van der Waals surface area (Å²) in [5, 5.41) is 0. The fraction of sp³-hybridized carbons (Fsp3) is 1.00. The van der Waals surface area contributed by atoms with Crippen LogP contribution in [0.4, 0.5) is 43.9 Å². The Morgan fingerprint density at radius 2 is 0.515 bits per heavy atom. The van der Waals surface area contributed by atoms with Crippen LogP contribution in [0.5, 0.6) is 0 Å². The first kappa shape index (κ1) is 123. The molecule has 0 bridgehead atoms. The molecule has 0 amide bonds. The van der Waals surface area contributed by atoms with Gasteiger partial charge < -0.3 is 0 Å². The molecule has 0 aliphatic heterocycles. The zero-order chi connectivity index (χ0) is 85.0. The van der Waals surface area contributed by atoms with E-state index >= 15 is 0 Å². The van der Waals surface area contributed by atoms with Gasteiger partial charge in [0.1, 0.15) is 56.7 Å². The highest BCUT2D eigenvalue weighted by Gasteiger charge is 2.43. The minimum atomic E-state index is -1.00. The summed E-state index contributed by atoms with van der Waals surface area (Å²) in [4.78, 5) is 0. The third-order valence-electron chi connectivity index (χ3n) is 24.5. The second-order valence-electron chi connectivity index (χ2n) is 36.3. The molecule has 0 rings (SSSR count). The van der Waals surface area contributed by atoms with Gasteiger partial charge in [-0.05, 0) is 243 Å². The molecule has 1 unspecified atom stereocenters. The lowest BCUT2D eigenvalue weighted by Crippen LogP contribution is -2.39. The van der Waals surface area contributed by atoms with Crippen LogP contribution in [0.1, 0.15) is 472 Å². The highest BCUT2D eigenvalue weighted by molar-refractivity contribution is 4.93. The summed E-state index contributed by atoms with van der Waals surface area (Å²) < 4.78 is 135. The molecule has 10 atom stereocenters. The zero-order valence-electron chi connectivity index (χ0n) is 78.8. The van der Waals surface area contributed by atoms with E-state index in [9.17, 15) is 43.9 Å². The second-order valence-corrected chi connectivity index (χ2v) is 36.3. The van der Waals surface area contributed by atoms with E-state index in [1.165, 1.54) is 0 Å². The second kappa shape index (κ2) is 61.0. The van der Waals surface area contributed by atoms with E-state index in [0.29, 0.717) is 119 Å². The minimum absolute atomic E-state index is 0.136. The van der Waals surface area contributed by atoms with Crippen molar-refractivity contribution in [3.8, 4) is 0 Å². The Morgan fingerprint density at radius 1 is 0.233 bits per heavy atom. The van der Waals surface area contributed by atoms with Crippen molar-refractivity contribution in [3.63, 3.8) is 0 Å². The number of hydrogen-bond donors (Lipinski definition) is 0. The van der Waals surface area contributed by atoms with Crippen LogP contribution in [0.3, 0.4) is 0 Å². The molecule has 0 fully saturated rings. The number of hydrogen-bond acceptors (Lipinski definition) is 0. The highest BCUT2D eigenvalue weighted by Crippen LogP contribution is 2.45. The fourth-order valence-electron chi connectivity index (χ4n) is 14.9. The van der Waals surface area contributed by atoms with Gasteiger partial charge in [-0.15, -0.1) is 0 Å². The van der Waals surface area contributed by atoms with Gasteiger partial charge in [0.15, 0.2) is 0 Å². The van der Waals surface area contributed by atoms with Gasteiger partial charge >= 0.3 is 0 Å². The molecule has 0 saturated heterocycles. The Morgan fingerprint density at radius 3 is 0.670 bits per heavy atom. The van der Waals surface area contributed by atoms with Crippen LogP contribution in [0.15, 0.2) is 0 Å². The smallest absolute Gasteiger partial charge is 0.113 e. The van der Waals surface area contributed by atoms with Gasteiger partial charge in [0.05, 0.1) is 0 Å². The van der Waals surface area contributed by atoms with Gasteiger partial charge in [0.25, 0.3) is 0 Å². The summed E-state index contributed by atoms with van der Waals surface area (Å²) in [5.74, 6) is 3.64. The van der Waals surface area contributed by atoms with Crippen molar-refractivity contribution in [2.24, 2.45) is 75.9 Å². The molecule has 0 spiro atoms. The minimum Gasteiger partial charge on any atom is -0.244 e. The maximum absolute atomic E-state index is 14.3. The standard InChI is InChI=1S/C12H25F.3C11H23F.C10H21F.2C9H19F.2C7H15F.C6H13F/c1-7-8-12(6,13)11(9(2)3)10(4)5;1-7-11(6,12)10(8(2)3)9(4)5;1-6-8-11(5,12)10(7-2)9(3)4;1-6-9-11(5,12)10(4,7-2)8-3;1-6-9(4,7-2)10(5,11)8-3;1-5-6-9(4,10)7-8(2)3;1-5-8(6-2)9(4,10)7-3;1-5-7(4,8)6(2)3;1-4-6-7(3,8)5-2;1-4-6(3,7)5-2/h9-11H,7-8H2,1-6H3;8-10H,7H2,1-6H3;9-10H,6-8H2,1-5H3;6-9H2,1-5H3;6-8H2,1-5H3;2*8H,5-7H2,1-4H3;6H,5H2,1-4H3;4-6H2,1-3H3;4-5H2,1-3H3/t12-;11-;10?,11-;11-;10-;2*9-;2*7-;/m000000000./s1. The average molecular weight is 1500 g/mol. The van der Waals surface area contributed by atoms with Gasteiger partial charge in [-0.25, -0.2) is 43.9 Å². The van der Waals surface area contributed by atoms with Crippen molar-refractivity contribution in [2.45, 2.75) is 529 Å². The SMILES string of the molecule is CCC(C)(CC)[C@@](C)(F)CC.CCC(C)(F)CC.CCC(CC)[C@@](C)(F)CC.CCC[C@@](C)(F)CC.CCC[C@](C)(F)C(C(C)C)C(C)C.CCC[C@](C)(F)C(C)(CC)CC.CCC[C@](C)(F)C(CC)C(C)C.CCC[C@](C)(F)CC(C)C.CC[C@](C)(F)C(C(C)C)C(C)C.CC[C@](C)(F)C(C)C. The lowest BCUT2D eigenvalue weighted by Gasteiger charge is -2.39. The summed E-state index contributed by atoms with van der Waals surface area (Å²) >= 11 is 0. The third-order valence-corrected chi connectivity index (χ3v) is 24.5. The normalized spacial score (nSPS) is 17.4. The topological polar surface area (TPSA) is 0 Å². The quantitative estimate of drug-likeness (QED) is 0.0541. The molecular weight excluding hydrogens is 1310 g/mol. The third kappa shape index (κ3) is 57.9. The van der Waals surface area contributed by atoms with Crippen molar-refractivity contribution in [2.75, 3.05) is 0 Å². The first-order valence-corrected chi connectivity index (χ1v) is 43.2. The van der Waals surface area contributed by atoms with E-state index < -0.39 is 56.7 Å². The van der Waals surface area contributed by atoms with Crippen LogP contribution in [0.2, 0.25) is 0 Å². The predicted octanol–water partition coefficient (Wildman–Crippen LogP) is 36.3. The monoisotopic (exact) mass is 1500 g/mol. The van der Waals surface area contributed by atoms with Crippen LogP contribution in [0, 0.1) is 75.9 Å². The van der Waals surface area contributed by atoms with Crippen LogP contribution < -0.4 is 0 Å². The Labute approximate surface area is 645 Å². The van der Waals surface area contributed by atoms with Crippen molar-refractivity contribution in [1.29, 1.82) is 0 Å². The summed E-state index contributed by atoms with van der Waals surface area (Å²) in [6.45, 7) is 88.2. The summed E-state index contributed by atoms with van der Waals surface area (Å²) in [5.41, 5.74) is -9.87. The van der Waals surface area contributed by atoms with Gasteiger partial charge in [0.2, 0.25) is 0 Å². The lowest BCUT2D eigenvalue weighted by molar-refractivity contribution is 0.00460. The number of alkyl halides is 10. The average Bonchev–Trinajstić information content (AvgIpc) is 0.845. The molecule has 0 aliphatic carbocycles. The lowest BCUT2D eigenvalue weighted by atomic mass is 9.70. The van der Waals surface area contributed by atoms with Crippen LogP contribution in [-0.2, 0) is 0 Å². The van der Waals surface area contributed by atoms with E-state index in [2.05, 4.69) is 145 Å². The Bertz CT molecular complexity index is 1780. The van der Waals surface area contributed by atoms with E-state index in [-0.39, 0.29) is 40.4 Å². The molecule has 0 radical (unpaired) electrons. The first-order valence-electron chi connectivity index (χ1n) is 43.2. The highest BCUT2D eigenvalue weighted by atomic mass is 19.2. The molecule has 0 aromatic rings. The van der Waals surface area contributed by atoms with Crippen molar-refractivity contribution in [3.05, 3.63) is 0 Å². The molecule has 0 nitrogen and oxygen atoms in total. The largest absolute Gasteiger partial charge is 0.244 e. The molecular formula is C93H196F10. The van der Waals surface area contributed by atoms with Gasteiger partial charge in [-0.1, -0.05) is 294 Å².